The highest BCUT2D eigenvalue weighted by Gasteiger charge is 2.08. The molecule has 3 aromatic carbocycles. The molecule has 0 aliphatic carbocycles. The lowest BCUT2D eigenvalue weighted by atomic mass is 10.2. The van der Waals surface area contributed by atoms with Crippen molar-refractivity contribution in [3.05, 3.63) is 102 Å². The number of rotatable bonds is 7. The van der Waals surface area contributed by atoms with Gasteiger partial charge in [-0.25, -0.2) is 4.98 Å². The third-order valence-electron chi connectivity index (χ3n) is 4.28. The summed E-state index contributed by atoms with van der Waals surface area (Å²) in [5, 5.41) is 6.64. The molecule has 0 amide bonds. The standard InChI is InChI=1S/C24H22N4O/c1-18-16-23(25-17-19-10-4-2-5-11-19)28-24(26-18)27-21-14-8-9-15-22(21)29-20-12-6-3-7-13-20/h2-16H,17H2,1H3,(H2,25,26,27,28). The highest BCUT2D eigenvalue weighted by molar-refractivity contribution is 5.64. The molecule has 0 fully saturated rings. The van der Waals surface area contributed by atoms with Crippen molar-refractivity contribution < 1.29 is 4.74 Å². The molecule has 0 unspecified atom stereocenters. The summed E-state index contributed by atoms with van der Waals surface area (Å²) in [5.41, 5.74) is 2.87. The predicted octanol–water partition coefficient (Wildman–Crippen LogP) is 5.93. The minimum Gasteiger partial charge on any atom is -0.455 e. The molecule has 144 valence electrons. The van der Waals surface area contributed by atoms with Crippen LogP contribution in [0.25, 0.3) is 0 Å². The normalized spacial score (nSPS) is 10.4. The number of nitrogens with zero attached hydrogens (tertiary/aromatic N) is 2. The van der Waals surface area contributed by atoms with E-state index in [1.165, 1.54) is 5.56 Å². The maximum absolute atomic E-state index is 6.01. The second-order valence-electron chi connectivity index (χ2n) is 6.59. The molecule has 4 aromatic rings. The monoisotopic (exact) mass is 382 g/mol. The van der Waals surface area contributed by atoms with Gasteiger partial charge in [0, 0.05) is 18.3 Å². The minimum absolute atomic E-state index is 0.518. The number of para-hydroxylation sites is 3. The molecule has 1 aromatic heterocycles. The van der Waals surface area contributed by atoms with Crippen molar-refractivity contribution in [2.75, 3.05) is 10.6 Å². The molecule has 2 N–H and O–H groups in total. The summed E-state index contributed by atoms with van der Waals surface area (Å²) in [4.78, 5) is 9.12. The zero-order valence-electron chi connectivity index (χ0n) is 16.2. The van der Waals surface area contributed by atoms with Gasteiger partial charge in [-0.2, -0.15) is 4.98 Å². The van der Waals surface area contributed by atoms with Crippen LogP contribution in [0.4, 0.5) is 17.5 Å². The Morgan fingerprint density at radius 2 is 1.48 bits per heavy atom. The number of ether oxygens (including phenoxy) is 1. The van der Waals surface area contributed by atoms with E-state index in [9.17, 15) is 0 Å². The number of hydrogen-bond acceptors (Lipinski definition) is 5. The fraction of sp³-hybridized carbons (Fsp3) is 0.0833. The zero-order chi connectivity index (χ0) is 19.9. The summed E-state index contributed by atoms with van der Waals surface area (Å²) < 4.78 is 6.01. The first-order valence-corrected chi connectivity index (χ1v) is 9.49. The Morgan fingerprint density at radius 3 is 2.28 bits per heavy atom. The summed E-state index contributed by atoms with van der Waals surface area (Å²) in [6.45, 7) is 2.65. The topological polar surface area (TPSA) is 59.1 Å². The molecule has 0 saturated heterocycles. The Balaban J connectivity index is 1.51. The van der Waals surface area contributed by atoms with Gasteiger partial charge in [-0.3, -0.25) is 0 Å². The van der Waals surface area contributed by atoms with Gasteiger partial charge in [-0.15, -0.1) is 0 Å². The lowest BCUT2D eigenvalue weighted by molar-refractivity contribution is 0.485. The molecular weight excluding hydrogens is 360 g/mol. The van der Waals surface area contributed by atoms with E-state index in [1.807, 2.05) is 85.8 Å². The van der Waals surface area contributed by atoms with Crippen LogP contribution in [0.2, 0.25) is 0 Å². The van der Waals surface area contributed by atoms with Crippen LogP contribution in [0, 0.1) is 6.92 Å². The third kappa shape index (κ3) is 5.11. The van der Waals surface area contributed by atoms with E-state index in [4.69, 9.17) is 4.74 Å². The molecule has 29 heavy (non-hydrogen) atoms. The molecule has 0 spiro atoms. The van der Waals surface area contributed by atoms with Crippen LogP contribution in [0.3, 0.4) is 0 Å². The lowest BCUT2D eigenvalue weighted by Crippen LogP contribution is -2.06. The van der Waals surface area contributed by atoms with E-state index in [2.05, 4.69) is 32.7 Å². The molecule has 0 atom stereocenters. The van der Waals surface area contributed by atoms with Crippen molar-refractivity contribution in [3.63, 3.8) is 0 Å². The van der Waals surface area contributed by atoms with Crippen LogP contribution in [0.15, 0.2) is 91.0 Å². The van der Waals surface area contributed by atoms with Crippen LogP contribution in [-0.2, 0) is 6.54 Å². The number of aryl methyl sites for hydroxylation is 1. The van der Waals surface area contributed by atoms with Crippen LogP contribution >= 0.6 is 0 Å². The van der Waals surface area contributed by atoms with E-state index in [0.29, 0.717) is 18.2 Å². The average molecular weight is 382 g/mol. The first-order chi connectivity index (χ1) is 14.3. The van der Waals surface area contributed by atoms with Gasteiger partial charge in [0.1, 0.15) is 11.6 Å². The summed E-state index contributed by atoms with van der Waals surface area (Å²) >= 11 is 0. The van der Waals surface area contributed by atoms with Gasteiger partial charge in [0.05, 0.1) is 5.69 Å². The number of hydrogen-bond donors (Lipinski definition) is 2. The molecule has 0 radical (unpaired) electrons. The third-order valence-corrected chi connectivity index (χ3v) is 4.28. The van der Waals surface area contributed by atoms with Crippen LogP contribution in [-0.4, -0.2) is 9.97 Å². The fourth-order valence-electron chi connectivity index (χ4n) is 2.90. The predicted molar refractivity (Wildman–Crippen MR) is 117 cm³/mol. The molecule has 0 aliphatic heterocycles. The molecule has 5 heteroatoms. The first-order valence-electron chi connectivity index (χ1n) is 9.49. The van der Waals surface area contributed by atoms with Gasteiger partial charge in [-0.1, -0.05) is 60.7 Å². The Bertz CT molecular complexity index is 1070. The lowest BCUT2D eigenvalue weighted by Gasteiger charge is -2.13. The van der Waals surface area contributed by atoms with Crippen LogP contribution in [0.1, 0.15) is 11.3 Å². The Kier molecular flexibility index (Phi) is 5.67. The maximum Gasteiger partial charge on any atom is 0.229 e. The summed E-state index contributed by atoms with van der Waals surface area (Å²) in [6.07, 6.45) is 0. The summed E-state index contributed by atoms with van der Waals surface area (Å²) in [6, 6.07) is 29.6. The number of benzene rings is 3. The average Bonchev–Trinajstić information content (AvgIpc) is 2.75. The van der Waals surface area contributed by atoms with Crippen LogP contribution < -0.4 is 15.4 Å². The van der Waals surface area contributed by atoms with Crippen molar-refractivity contribution in [1.29, 1.82) is 0 Å². The Labute approximate surface area is 170 Å². The van der Waals surface area contributed by atoms with E-state index in [0.717, 1.165) is 22.9 Å². The number of anilines is 3. The van der Waals surface area contributed by atoms with Gasteiger partial charge in [0.2, 0.25) is 5.95 Å². The van der Waals surface area contributed by atoms with Crippen molar-refractivity contribution >= 4 is 17.5 Å². The van der Waals surface area contributed by atoms with Crippen molar-refractivity contribution in [1.82, 2.24) is 9.97 Å². The van der Waals surface area contributed by atoms with Crippen molar-refractivity contribution in [3.8, 4) is 11.5 Å². The van der Waals surface area contributed by atoms with Crippen molar-refractivity contribution in [2.24, 2.45) is 0 Å². The molecule has 0 bridgehead atoms. The van der Waals surface area contributed by atoms with E-state index >= 15 is 0 Å². The van der Waals surface area contributed by atoms with E-state index < -0.39 is 0 Å². The quantitative estimate of drug-likeness (QED) is 0.415. The number of aromatic nitrogens is 2. The van der Waals surface area contributed by atoms with Crippen molar-refractivity contribution in [2.45, 2.75) is 13.5 Å². The number of nitrogens with one attached hydrogen (secondary N) is 2. The molecule has 0 aliphatic rings. The second-order valence-corrected chi connectivity index (χ2v) is 6.59. The molecule has 1 heterocycles. The van der Waals surface area contributed by atoms with Gasteiger partial charge in [0.25, 0.3) is 0 Å². The first kappa shape index (κ1) is 18.5. The maximum atomic E-state index is 6.01. The summed E-state index contributed by atoms with van der Waals surface area (Å²) in [5.74, 6) is 2.77. The highest BCUT2D eigenvalue weighted by Crippen LogP contribution is 2.30. The zero-order valence-corrected chi connectivity index (χ0v) is 16.2. The molecule has 4 rings (SSSR count). The Morgan fingerprint density at radius 1 is 0.793 bits per heavy atom. The highest BCUT2D eigenvalue weighted by atomic mass is 16.5. The smallest absolute Gasteiger partial charge is 0.229 e. The minimum atomic E-state index is 0.518. The van der Waals surface area contributed by atoms with Gasteiger partial charge in [-0.05, 0) is 36.8 Å². The summed E-state index contributed by atoms with van der Waals surface area (Å²) in [7, 11) is 0. The molecular formula is C24H22N4O. The van der Waals surface area contributed by atoms with Gasteiger partial charge in [0.15, 0.2) is 5.75 Å². The largest absolute Gasteiger partial charge is 0.455 e. The second kappa shape index (κ2) is 8.89. The van der Waals surface area contributed by atoms with Crippen LogP contribution in [0.5, 0.6) is 11.5 Å². The van der Waals surface area contributed by atoms with Gasteiger partial charge < -0.3 is 15.4 Å². The van der Waals surface area contributed by atoms with E-state index in [-0.39, 0.29) is 0 Å². The van der Waals surface area contributed by atoms with Gasteiger partial charge >= 0.3 is 0 Å². The fourth-order valence-corrected chi connectivity index (χ4v) is 2.90. The van der Waals surface area contributed by atoms with E-state index in [1.54, 1.807) is 0 Å². The SMILES string of the molecule is Cc1cc(NCc2ccccc2)nc(Nc2ccccc2Oc2ccccc2)n1. The Hall–Kier alpha value is -3.86. The molecule has 0 saturated carbocycles. The molecule has 5 nitrogen and oxygen atoms in total.